The van der Waals surface area contributed by atoms with Gasteiger partial charge >= 0.3 is 0 Å². The third-order valence-corrected chi connectivity index (χ3v) is 3.84. The van der Waals surface area contributed by atoms with Crippen molar-refractivity contribution in [3.63, 3.8) is 0 Å². The van der Waals surface area contributed by atoms with Crippen molar-refractivity contribution in [3.05, 3.63) is 0 Å². The van der Waals surface area contributed by atoms with Gasteiger partial charge in [0.05, 0.1) is 0 Å². The van der Waals surface area contributed by atoms with Crippen molar-refractivity contribution in [2.24, 2.45) is 0 Å². The fourth-order valence-corrected chi connectivity index (χ4v) is 2.60. The van der Waals surface area contributed by atoms with Crippen LogP contribution in [0.3, 0.4) is 0 Å². The molecule has 0 amide bonds. The molecule has 2 heteroatoms. The van der Waals surface area contributed by atoms with E-state index in [2.05, 4.69) is 37.6 Å². The third-order valence-electron chi connectivity index (χ3n) is 2.13. The topological polar surface area (TPSA) is 3.24 Å². The molecule has 1 aliphatic heterocycles. The average Bonchev–Trinajstić information content (AvgIpc) is 2.15. The maximum Gasteiger partial charge on any atom is 0.0447 e. The molecule has 0 aromatic rings. The molecule has 54 valence electrons. The maximum atomic E-state index is 2.42. The van der Waals surface area contributed by atoms with Gasteiger partial charge < -0.3 is 0 Å². The minimum absolute atomic E-state index is 0.792. The second-order valence-electron chi connectivity index (χ2n) is 2.74. The highest BCUT2D eigenvalue weighted by atomic mass is 32.2. The van der Waals surface area contributed by atoms with E-state index >= 15 is 0 Å². The zero-order valence-corrected chi connectivity index (χ0v) is 7.24. The fourth-order valence-electron chi connectivity index (χ4n) is 1.21. The van der Waals surface area contributed by atoms with E-state index in [1.54, 1.807) is 0 Å². The Hall–Kier alpha value is 0.310. The van der Waals surface area contributed by atoms with E-state index in [0.29, 0.717) is 0 Å². The van der Waals surface area contributed by atoms with Crippen LogP contribution in [0.5, 0.6) is 0 Å². The van der Waals surface area contributed by atoms with Gasteiger partial charge in [-0.05, 0) is 20.4 Å². The first kappa shape index (κ1) is 7.42. The molecule has 1 saturated heterocycles. The Morgan fingerprint density at radius 1 is 1.67 bits per heavy atom. The lowest BCUT2D eigenvalue weighted by molar-refractivity contribution is 0.315. The summed E-state index contributed by atoms with van der Waals surface area (Å²) in [5.41, 5.74) is 0. The highest BCUT2D eigenvalue weighted by molar-refractivity contribution is 8.00. The summed E-state index contributed by atoms with van der Waals surface area (Å²) in [5, 5.41) is 0.884. The minimum Gasteiger partial charge on any atom is -0.293 e. The van der Waals surface area contributed by atoms with Crippen molar-refractivity contribution < 1.29 is 0 Å². The molecule has 2 atom stereocenters. The molecule has 1 heterocycles. The van der Waals surface area contributed by atoms with Gasteiger partial charge in [0.25, 0.3) is 0 Å². The summed E-state index contributed by atoms with van der Waals surface area (Å²) in [6.07, 6.45) is 1.32. The second kappa shape index (κ2) is 2.93. The van der Waals surface area contributed by atoms with Crippen molar-refractivity contribution in [3.8, 4) is 0 Å². The minimum atomic E-state index is 0.792. The molecule has 0 aliphatic carbocycles. The zero-order valence-electron chi connectivity index (χ0n) is 6.42. The summed E-state index contributed by atoms with van der Waals surface area (Å²) in [4.78, 5) is 2.42. The van der Waals surface area contributed by atoms with E-state index in [-0.39, 0.29) is 0 Å². The smallest absolute Gasteiger partial charge is 0.0447 e. The van der Waals surface area contributed by atoms with Gasteiger partial charge in [0.15, 0.2) is 0 Å². The Kier molecular flexibility index (Phi) is 2.42. The first-order valence-electron chi connectivity index (χ1n) is 3.57. The molecular weight excluding hydrogens is 130 g/mol. The summed E-state index contributed by atoms with van der Waals surface area (Å²) in [6, 6.07) is 0.792. The Labute approximate surface area is 61.8 Å². The van der Waals surface area contributed by atoms with Crippen LogP contribution in [0.1, 0.15) is 20.3 Å². The fraction of sp³-hybridized carbons (Fsp3) is 1.00. The summed E-state index contributed by atoms with van der Waals surface area (Å²) < 4.78 is 0. The van der Waals surface area contributed by atoms with Gasteiger partial charge in [-0.25, -0.2) is 0 Å². The highest BCUT2D eigenvalue weighted by Gasteiger charge is 2.26. The van der Waals surface area contributed by atoms with Crippen molar-refractivity contribution in [1.29, 1.82) is 0 Å². The van der Waals surface area contributed by atoms with Gasteiger partial charge in [0, 0.05) is 17.2 Å². The van der Waals surface area contributed by atoms with E-state index in [0.717, 1.165) is 11.3 Å². The van der Waals surface area contributed by atoms with Gasteiger partial charge in [-0.1, -0.05) is 6.92 Å². The van der Waals surface area contributed by atoms with Crippen LogP contribution in [0, 0.1) is 0 Å². The lowest BCUT2D eigenvalue weighted by Gasteiger charge is -2.17. The van der Waals surface area contributed by atoms with Crippen LogP contribution < -0.4 is 0 Å². The van der Waals surface area contributed by atoms with Crippen LogP contribution in [0.25, 0.3) is 0 Å². The van der Waals surface area contributed by atoms with Crippen molar-refractivity contribution in [1.82, 2.24) is 4.90 Å². The molecule has 1 fully saturated rings. The maximum absolute atomic E-state index is 2.42. The summed E-state index contributed by atoms with van der Waals surface area (Å²) in [5.74, 6) is 1.22. The summed E-state index contributed by atoms with van der Waals surface area (Å²) >= 11 is 2.08. The number of nitrogens with zero attached hydrogens (tertiary/aromatic N) is 1. The van der Waals surface area contributed by atoms with E-state index in [4.69, 9.17) is 0 Å². The Balaban J connectivity index is 2.41. The first-order valence-corrected chi connectivity index (χ1v) is 4.62. The zero-order chi connectivity index (χ0) is 6.85. The molecule has 1 nitrogen and oxygen atoms in total. The number of hydrogen-bond donors (Lipinski definition) is 0. The van der Waals surface area contributed by atoms with E-state index < -0.39 is 0 Å². The van der Waals surface area contributed by atoms with Crippen LogP contribution in [-0.2, 0) is 0 Å². The SMILES string of the molecule is CCC1SCN(C)C1C. The van der Waals surface area contributed by atoms with E-state index in [9.17, 15) is 0 Å². The first-order chi connectivity index (χ1) is 4.25. The lowest BCUT2D eigenvalue weighted by atomic mass is 10.2. The quantitative estimate of drug-likeness (QED) is 0.553. The van der Waals surface area contributed by atoms with Gasteiger partial charge in [-0.15, -0.1) is 11.8 Å². The summed E-state index contributed by atoms with van der Waals surface area (Å²) in [6.45, 7) is 4.58. The Morgan fingerprint density at radius 3 is 2.56 bits per heavy atom. The number of hydrogen-bond acceptors (Lipinski definition) is 2. The van der Waals surface area contributed by atoms with Crippen LogP contribution in [0.2, 0.25) is 0 Å². The van der Waals surface area contributed by atoms with E-state index in [1.807, 2.05) is 0 Å². The van der Waals surface area contributed by atoms with Gasteiger partial charge in [0.1, 0.15) is 0 Å². The molecule has 0 aromatic heterocycles. The molecule has 1 aliphatic rings. The number of thioether (sulfide) groups is 1. The van der Waals surface area contributed by atoms with Crippen molar-refractivity contribution >= 4 is 11.8 Å². The molecular formula is C7H15NS. The van der Waals surface area contributed by atoms with Gasteiger partial charge in [0.2, 0.25) is 0 Å². The predicted molar refractivity (Wildman–Crippen MR) is 43.8 cm³/mol. The molecule has 0 bridgehead atoms. The van der Waals surface area contributed by atoms with Crippen LogP contribution in [-0.4, -0.2) is 29.1 Å². The predicted octanol–water partition coefficient (Wildman–Crippen LogP) is 1.79. The van der Waals surface area contributed by atoms with Gasteiger partial charge in [-0.2, -0.15) is 0 Å². The normalized spacial score (nSPS) is 37.7. The van der Waals surface area contributed by atoms with Crippen molar-refractivity contribution in [2.75, 3.05) is 12.9 Å². The molecule has 0 saturated carbocycles. The van der Waals surface area contributed by atoms with Crippen LogP contribution >= 0.6 is 11.8 Å². The second-order valence-corrected chi connectivity index (χ2v) is 3.94. The van der Waals surface area contributed by atoms with Gasteiger partial charge in [-0.3, -0.25) is 4.90 Å². The summed E-state index contributed by atoms with van der Waals surface area (Å²) in [7, 11) is 2.20. The molecule has 9 heavy (non-hydrogen) atoms. The number of rotatable bonds is 1. The van der Waals surface area contributed by atoms with Crippen LogP contribution in [0.15, 0.2) is 0 Å². The highest BCUT2D eigenvalue weighted by Crippen LogP contribution is 2.29. The monoisotopic (exact) mass is 145 g/mol. The molecule has 2 unspecified atom stereocenters. The lowest BCUT2D eigenvalue weighted by Crippen LogP contribution is -2.27. The molecule has 0 N–H and O–H groups in total. The Morgan fingerprint density at radius 2 is 2.33 bits per heavy atom. The largest absolute Gasteiger partial charge is 0.293 e. The third kappa shape index (κ3) is 1.41. The molecule has 1 rings (SSSR count). The van der Waals surface area contributed by atoms with Crippen molar-refractivity contribution in [2.45, 2.75) is 31.6 Å². The van der Waals surface area contributed by atoms with Crippen LogP contribution in [0.4, 0.5) is 0 Å². The average molecular weight is 145 g/mol. The standard InChI is InChI=1S/C7H15NS/c1-4-7-6(2)8(3)5-9-7/h6-7H,4-5H2,1-3H3. The van der Waals surface area contributed by atoms with E-state index in [1.165, 1.54) is 12.3 Å². The Bertz CT molecular complexity index is 94.9. The molecule has 0 aromatic carbocycles. The molecule has 0 spiro atoms. The molecule has 0 radical (unpaired) electrons.